The number of aliphatic hydroxyl groups excluding tert-OH is 1. The Kier molecular flexibility index (Phi) is 4.96. The topological polar surface area (TPSA) is 129 Å². The zero-order chi connectivity index (χ0) is 16.3. The molecule has 4 unspecified atom stereocenters. The van der Waals surface area contributed by atoms with E-state index in [1.807, 2.05) is 0 Å². The molecule has 0 bridgehead atoms. The van der Waals surface area contributed by atoms with Crippen molar-refractivity contribution in [3.05, 3.63) is 22.0 Å². The number of hydrogen-bond acceptors (Lipinski definition) is 7. The molecule has 0 aromatic carbocycles. The van der Waals surface area contributed by atoms with E-state index in [2.05, 4.69) is 20.2 Å². The lowest BCUT2D eigenvalue weighted by Crippen LogP contribution is -2.34. The number of aliphatic hydroxyl groups is 1. The van der Waals surface area contributed by atoms with Gasteiger partial charge in [0, 0.05) is 7.05 Å². The van der Waals surface area contributed by atoms with Gasteiger partial charge in [0.25, 0.3) is 0 Å². The molecule has 0 spiro atoms. The van der Waals surface area contributed by atoms with Gasteiger partial charge in [-0.25, -0.2) is 0 Å². The number of aryl methyl sites for hydroxylation is 1. The highest BCUT2D eigenvalue weighted by Gasteiger charge is 2.38. The second kappa shape index (κ2) is 6.73. The van der Waals surface area contributed by atoms with Crippen LogP contribution in [0.15, 0.2) is 16.4 Å². The van der Waals surface area contributed by atoms with Gasteiger partial charge < -0.3 is 9.84 Å². The Morgan fingerprint density at radius 3 is 2.95 bits per heavy atom. The largest absolute Gasteiger partial charge is 0.388 e. The van der Waals surface area contributed by atoms with Crippen LogP contribution in [0.2, 0.25) is 0 Å². The molecule has 1 saturated heterocycles. The summed E-state index contributed by atoms with van der Waals surface area (Å²) < 4.78 is 7.24. The van der Waals surface area contributed by atoms with E-state index in [4.69, 9.17) is 4.74 Å². The Morgan fingerprint density at radius 2 is 2.32 bits per heavy atom. The third-order valence-corrected chi connectivity index (χ3v) is 3.73. The third kappa shape index (κ3) is 3.19. The van der Waals surface area contributed by atoms with Crippen LogP contribution < -0.4 is 4.91 Å². The van der Waals surface area contributed by atoms with Crippen molar-refractivity contribution < 1.29 is 14.8 Å². The van der Waals surface area contributed by atoms with Crippen molar-refractivity contribution in [1.29, 1.82) is 0 Å². The predicted molar refractivity (Wildman–Crippen MR) is 75.1 cm³/mol. The van der Waals surface area contributed by atoms with Crippen molar-refractivity contribution in [1.82, 2.24) is 14.7 Å². The SMILES string of the molecule is CN=[N+]=NC1CCC(c2c([N+](=O)[O-])cnn2C)OC(C)C1O. The summed E-state index contributed by atoms with van der Waals surface area (Å²) in [5.74, 6) is 0. The molecule has 10 nitrogen and oxygen atoms in total. The van der Waals surface area contributed by atoms with Crippen molar-refractivity contribution in [3.63, 3.8) is 0 Å². The first kappa shape index (κ1) is 16.2. The number of hydrogen-bond donors (Lipinski definition) is 1. The van der Waals surface area contributed by atoms with Crippen LogP contribution in [0.4, 0.5) is 5.69 Å². The minimum absolute atomic E-state index is 0.0853. The van der Waals surface area contributed by atoms with Gasteiger partial charge in [-0.3, -0.25) is 14.8 Å². The summed E-state index contributed by atoms with van der Waals surface area (Å²) in [5.41, 5.74) is 0.305. The fraction of sp³-hybridized carbons (Fsp3) is 0.750. The first-order valence-corrected chi connectivity index (χ1v) is 6.94. The monoisotopic (exact) mass is 311 g/mol. The molecule has 1 aromatic heterocycles. The molecule has 1 aliphatic rings. The summed E-state index contributed by atoms with van der Waals surface area (Å²) in [6.07, 6.45) is 0.242. The maximum atomic E-state index is 11.1. The Morgan fingerprint density at radius 1 is 1.59 bits per heavy atom. The fourth-order valence-corrected chi connectivity index (χ4v) is 2.61. The molecule has 1 N–H and O–H groups in total. The summed E-state index contributed by atoms with van der Waals surface area (Å²) in [6.45, 7) is 1.71. The number of ether oxygens (including phenoxy) is 1. The Hall–Kier alpha value is -2.16. The van der Waals surface area contributed by atoms with Crippen LogP contribution in [-0.2, 0) is 11.8 Å². The van der Waals surface area contributed by atoms with Gasteiger partial charge in [0.2, 0.25) is 4.91 Å². The first-order chi connectivity index (χ1) is 10.5. The van der Waals surface area contributed by atoms with Gasteiger partial charge in [-0.1, -0.05) is 0 Å². The average molecular weight is 311 g/mol. The second-order valence-corrected chi connectivity index (χ2v) is 5.17. The van der Waals surface area contributed by atoms with Crippen LogP contribution >= 0.6 is 0 Å². The maximum Gasteiger partial charge on any atom is 0.312 e. The molecular weight excluding hydrogens is 292 g/mol. The minimum atomic E-state index is -0.845. The summed E-state index contributed by atoms with van der Waals surface area (Å²) in [5, 5.41) is 32.8. The summed E-state index contributed by atoms with van der Waals surface area (Å²) >= 11 is 0. The fourth-order valence-electron chi connectivity index (χ4n) is 2.61. The van der Waals surface area contributed by atoms with Crippen molar-refractivity contribution in [2.75, 3.05) is 7.05 Å². The van der Waals surface area contributed by atoms with Gasteiger partial charge in [-0.2, -0.15) is 5.10 Å². The number of aromatic nitrogens is 2. The van der Waals surface area contributed by atoms with Crippen molar-refractivity contribution >= 4 is 5.69 Å². The Balaban J connectivity index is 2.30. The second-order valence-electron chi connectivity index (χ2n) is 5.17. The van der Waals surface area contributed by atoms with E-state index in [0.29, 0.717) is 18.5 Å². The number of nitrogens with zero attached hydrogens (tertiary/aromatic N) is 6. The van der Waals surface area contributed by atoms with E-state index < -0.39 is 29.3 Å². The molecule has 120 valence electrons. The van der Waals surface area contributed by atoms with Crippen LogP contribution in [0.1, 0.15) is 31.6 Å². The molecule has 0 saturated carbocycles. The van der Waals surface area contributed by atoms with E-state index in [9.17, 15) is 15.2 Å². The lowest BCUT2D eigenvalue weighted by molar-refractivity contribution is -0.386. The van der Waals surface area contributed by atoms with Gasteiger partial charge >= 0.3 is 5.69 Å². The highest BCUT2D eigenvalue weighted by Crippen LogP contribution is 2.35. The maximum absolute atomic E-state index is 11.1. The lowest BCUT2D eigenvalue weighted by atomic mass is 10.0. The van der Waals surface area contributed by atoms with Crippen molar-refractivity contribution in [2.45, 2.75) is 44.1 Å². The molecule has 1 aliphatic heterocycles. The van der Waals surface area contributed by atoms with Gasteiger partial charge in [0.05, 0.1) is 11.0 Å². The first-order valence-electron chi connectivity index (χ1n) is 6.94. The molecule has 0 radical (unpaired) electrons. The standard InChI is InChI=1S/C12H19N6O4/c1-7-12(19)8(15-16-13-2)4-5-10(22-7)11-9(18(20)21)6-14-17(11)3/h6-8,10,12,19H,4-5H2,1-3H3/q+1. The van der Waals surface area contributed by atoms with Gasteiger partial charge in [0.1, 0.15) is 41.4 Å². The van der Waals surface area contributed by atoms with Gasteiger partial charge in [-0.05, 0) is 19.8 Å². The smallest absolute Gasteiger partial charge is 0.312 e. The van der Waals surface area contributed by atoms with Gasteiger partial charge in [-0.15, -0.1) is 0 Å². The van der Waals surface area contributed by atoms with E-state index in [1.54, 1.807) is 14.0 Å². The number of rotatable bonds is 3. The quantitative estimate of drug-likeness (QED) is 0.383. The normalized spacial score (nSPS) is 28.5. The van der Waals surface area contributed by atoms with Crippen molar-refractivity contribution in [2.24, 2.45) is 17.3 Å². The molecule has 0 aliphatic carbocycles. The molecule has 2 rings (SSSR count). The Bertz CT molecular complexity index is 609. The Labute approximate surface area is 126 Å². The van der Waals surface area contributed by atoms with Crippen LogP contribution in [0.5, 0.6) is 0 Å². The molecular formula is C12H19N6O4+. The number of nitro groups is 1. The van der Waals surface area contributed by atoms with E-state index >= 15 is 0 Å². The van der Waals surface area contributed by atoms with Crippen molar-refractivity contribution in [3.8, 4) is 0 Å². The lowest BCUT2D eigenvalue weighted by Gasteiger charge is -2.21. The molecule has 22 heavy (non-hydrogen) atoms. The van der Waals surface area contributed by atoms with Crippen LogP contribution in [0.25, 0.3) is 0 Å². The van der Waals surface area contributed by atoms with Crippen LogP contribution in [0, 0.1) is 10.1 Å². The summed E-state index contributed by atoms with van der Waals surface area (Å²) in [7, 11) is 3.12. The van der Waals surface area contributed by atoms with Crippen LogP contribution in [-0.4, -0.2) is 45.1 Å². The molecule has 1 fully saturated rings. The zero-order valence-corrected chi connectivity index (χ0v) is 12.7. The third-order valence-electron chi connectivity index (χ3n) is 3.73. The molecule has 0 amide bonds. The molecule has 10 heteroatoms. The zero-order valence-electron chi connectivity index (χ0n) is 12.7. The van der Waals surface area contributed by atoms with Gasteiger partial charge in [0.15, 0.2) is 6.04 Å². The van der Waals surface area contributed by atoms with E-state index in [-0.39, 0.29) is 5.69 Å². The summed E-state index contributed by atoms with van der Waals surface area (Å²) in [6, 6.07) is -0.448. The average Bonchev–Trinajstić information content (AvgIpc) is 2.80. The molecule has 2 heterocycles. The summed E-state index contributed by atoms with van der Waals surface area (Å²) in [4.78, 5) is 14.2. The predicted octanol–water partition coefficient (Wildman–Crippen LogP) is 0.899. The van der Waals surface area contributed by atoms with Crippen LogP contribution in [0.3, 0.4) is 0 Å². The molecule has 1 aromatic rings. The van der Waals surface area contributed by atoms with E-state index in [1.165, 1.54) is 17.9 Å². The minimum Gasteiger partial charge on any atom is -0.388 e. The molecule has 4 atom stereocenters. The van der Waals surface area contributed by atoms with E-state index in [0.717, 1.165) is 0 Å². The highest BCUT2D eigenvalue weighted by atomic mass is 16.6. The highest BCUT2D eigenvalue weighted by molar-refractivity contribution is 5.35.